The molecule has 0 unspecified atom stereocenters. The summed E-state index contributed by atoms with van der Waals surface area (Å²) in [6.45, 7) is 0.665. The molecule has 5 heterocycles. The summed E-state index contributed by atoms with van der Waals surface area (Å²) >= 11 is 6.33. The Hall–Kier alpha value is -3.71. The molecule has 1 aromatic carbocycles. The number of pyridine rings is 1. The molecule has 0 fully saturated rings. The van der Waals surface area contributed by atoms with E-state index in [-0.39, 0.29) is 0 Å². The molecular formula is C23H18ClN7. The highest BCUT2D eigenvalue weighted by atomic mass is 35.5. The van der Waals surface area contributed by atoms with Gasteiger partial charge in [0.15, 0.2) is 0 Å². The molecule has 0 N–H and O–H groups in total. The van der Waals surface area contributed by atoms with E-state index in [4.69, 9.17) is 21.7 Å². The Morgan fingerprint density at radius 2 is 2.03 bits per heavy atom. The fourth-order valence-electron chi connectivity index (χ4n) is 4.22. The Bertz CT molecular complexity index is 1410. The maximum atomic E-state index is 6.33. The summed E-state index contributed by atoms with van der Waals surface area (Å²) in [5, 5.41) is 9.95. The van der Waals surface area contributed by atoms with Crippen LogP contribution in [-0.4, -0.2) is 34.1 Å². The average molecular weight is 428 g/mol. The van der Waals surface area contributed by atoms with Crippen molar-refractivity contribution in [1.29, 1.82) is 0 Å². The standard InChI is InChI=1S/C23H18ClN7/c1-29-12-16-7-21-23(17-10-27-30(13-17)11-15-3-2-6-25-9-15)26-14-31(21)20-5-4-18(24)8-19(20)22(16)28-29/h2-6,8-10,12-14H,7,11H2,1H3. The number of hydrogen-bond acceptors (Lipinski definition) is 4. The van der Waals surface area contributed by atoms with Gasteiger partial charge in [-0.2, -0.15) is 10.2 Å². The first-order valence-corrected chi connectivity index (χ1v) is 10.3. The van der Waals surface area contributed by atoms with E-state index in [9.17, 15) is 0 Å². The quantitative estimate of drug-likeness (QED) is 0.425. The topological polar surface area (TPSA) is 66.3 Å². The molecule has 6 rings (SSSR count). The van der Waals surface area contributed by atoms with E-state index in [1.165, 1.54) is 0 Å². The third kappa shape index (κ3) is 3.05. The van der Waals surface area contributed by atoms with E-state index in [1.807, 2.05) is 71.7 Å². The number of aromatic nitrogens is 7. The van der Waals surface area contributed by atoms with Gasteiger partial charge in [0, 0.05) is 60.0 Å². The summed E-state index contributed by atoms with van der Waals surface area (Å²) < 4.78 is 5.91. The van der Waals surface area contributed by atoms with Gasteiger partial charge in [-0.3, -0.25) is 14.3 Å². The maximum absolute atomic E-state index is 6.33. The van der Waals surface area contributed by atoms with Gasteiger partial charge in [0.2, 0.25) is 0 Å². The first-order chi connectivity index (χ1) is 15.2. The maximum Gasteiger partial charge on any atom is 0.100 e. The van der Waals surface area contributed by atoms with Crippen molar-refractivity contribution in [2.24, 2.45) is 7.05 Å². The molecule has 0 saturated carbocycles. The Morgan fingerprint density at radius 1 is 1.10 bits per heavy atom. The number of benzene rings is 1. The molecule has 4 aromatic heterocycles. The second-order valence-corrected chi connectivity index (χ2v) is 8.15. The lowest BCUT2D eigenvalue weighted by Crippen LogP contribution is -2.00. The van der Waals surface area contributed by atoms with Crippen molar-refractivity contribution in [2.45, 2.75) is 13.0 Å². The van der Waals surface area contributed by atoms with Gasteiger partial charge in [0.05, 0.1) is 35.5 Å². The lowest BCUT2D eigenvalue weighted by Gasteiger charge is -2.10. The number of halogens is 1. The molecule has 0 spiro atoms. The second kappa shape index (κ2) is 6.92. The van der Waals surface area contributed by atoms with Crippen molar-refractivity contribution >= 4 is 11.6 Å². The highest BCUT2D eigenvalue weighted by molar-refractivity contribution is 6.31. The third-order valence-corrected chi connectivity index (χ3v) is 5.81. The Labute approximate surface area is 183 Å². The van der Waals surface area contributed by atoms with Crippen LogP contribution >= 0.6 is 11.6 Å². The fraction of sp³-hybridized carbons (Fsp3) is 0.130. The molecule has 1 aliphatic heterocycles. The summed E-state index contributed by atoms with van der Waals surface area (Å²) in [5.41, 5.74) is 8.27. The summed E-state index contributed by atoms with van der Waals surface area (Å²) in [6.07, 6.45) is 12.2. The number of nitrogens with zero attached hydrogens (tertiary/aromatic N) is 7. The minimum absolute atomic E-state index is 0.665. The molecule has 0 amide bonds. The predicted molar refractivity (Wildman–Crippen MR) is 118 cm³/mol. The number of rotatable bonds is 3. The average Bonchev–Trinajstić information content (AvgIpc) is 3.46. The highest BCUT2D eigenvalue weighted by Gasteiger charge is 2.25. The van der Waals surface area contributed by atoms with E-state index in [0.29, 0.717) is 11.6 Å². The molecule has 8 heteroatoms. The molecule has 0 atom stereocenters. The lowest BCUT2D eigenvalue weighted by molar-refractivity contribution is 0.685. The minimum Gasteiger partial charge on any atom is -0.302 e. The first-order valence-electron chi connectivity index (χ1n) is 9.96. The SMILES string of the molecule is Cn1cc2c(n1)-c1cc(Cl)ccc1-n1cnc(-c3cnn(Cc4cccnc4)c3)c1C2. The van der Waals surface area contributed by atoms with Crippen LogP contribution in [0.4, 0.5) is 0 Å². The van der Waals surface area contributed by atoms with Crippen molar-refractivity contribution in [1.82, 2.24) is 34.1 Å². The van der Waals surface area contributed by atoms with E-state index in [2.05, 4.69) is 20.8 Å². The Morgan fingerprint density at radius 3 is 2.90 bits per heavy atom. The number of aryl methyl sites for hydroxylation is 1. The number of fused-ring (bicyclic) bond motifs is 5. The fourth-order valence-corrected chi connectivity index (χ4v) is 4.40. The van der Waals surface area contributed by atoms with E-state index in [0.717, 1.165) is 51.4 Å². The molecule has 0 bridgehead atoms. The van der Waals surface area contributed by atoms with Gasteiger partial charge in [0.1, 0.15) is 6.33 Å². The monoisotopic (exact) mass is 427 g/mol. The van der Waals surface area contributed by atoms with Gasteiger partial charge in [-0.15, -0.1) is 0 Å². The van der Waals surface area contributed by atoms with Gasteiger partial charge in [-0.1, -0.05) is 17.7 Å². The zero-order valence-corrected chi connectivity index (χ0v) is 17.5. The number of imidazole rings is 1. The highest BCUT2D eigenvalue weighted by Crippen LogP contribution is 2.38. The smallest absolute Gasteiger partial charge is 0.100 e. The van der Waals surface area contributed by atoms with Crippen LogP contribution in [0.15, 0.2) is 67.6 Å². The largest absolute Gasteiger partial charge is 0.302 e. The van der Waals surface area contributed by atoms with Gasteiger partial charge in [-0.05, 0) is 29.8 Å². The van der Waals surface area contributed by atoms with Crippen LogP contribution in [0.5, 0.6) is 0 Å². The zero-order valence-electron chi connectivity index (χ0n) is 16.8. The van der Waals surface area contributed by atoms with Crippen molar-refractivity contribution in [2.75, 3.05) is 0 Å². The van der Waals surface area contributed by atoms with Crippen LogP contribution in [0.3, 0.4) is 0 Å². The van der Waals surface area contributed by atoms with Crippen LogP contribution in [0.2, 0.25) is 5.02 Å². The summed E-state index contributed by atoms with van der Waals surface area (Å²) in [5.74, 6) is 0. The van der Waals surface area contributed by atoms with Crippen LogP contribution < -0.4 is 0 Å². The van der Waals surface area contributed by atoms with Gasteiger partial charge < -0.3 is 4.57 Å². The summed E-state index contributed by atoms with van der Waals surface area (Å²) in [7, 11) is 1.94. The van der Waals surface area contributed by atoms with Crippen molar-refractivity contribution in [3.05, 3.63) is 89.5 Å². The number of hydrogen-bond donors (Lipinski definition) is 0. The molecule has 7 nitrogen and oxygen atoms in total. The van der Waals surface area contributed by atoms with Crippen LogP contribution in [0.25, 0.3) is 28.2 Å². The van der Waals surface area contributed by atoms with E-state index >= 15 is 0 Å². The first kappa shape index (κ1) is 18.1. The predicted octanol–water partition coefficient (Wildman–Crippen LogP) is 4.14. The van der Waals surface area contributed by atoms with Gasteiger partial charge >= 0.3 is 0 Å². The third-order valence-electron chi connectivity index (χ3n) is 5.58. The second-order valence-electron chi connectivity index (χ2n) is 7.71. The van der Waals surface area contributed by atoms with Crippen molar-refractivity contribution in [3.63, 3.8) is 0 Å². The van der Waals surface area contributed by atoms with Crippen LogP contribution in [-0.2, 0) is 20.0 Å². The normalized spacial score (nSPS) is 12.2. The minimum atomic E-state index is 0.665. The van der Waals surface area contributed by atoms with Crippen LogP contribution in [0.1, 0.15) is 16.8 Å². The molecule has 0 saturated heterocycles. The summed E-state index contributed by atoms with van der Waals surface area (Å²) in [4.78, 5) is 8.95. The summed E-state index contributed by atoms with van der Waals surface area (Å²) in [6, 6.07) is 9.89. The van der Waals surface area contributed by atoms with E-state index in [1.54, 1.807) is 6.20 Å². The van der Waals surface area contributed by atoms with E-state index < -0.39 is 0 Å². The Kier molecular flexibility index (Phi) is 4.04. The van der Waals surface area contributed by atoms with Gasteiger partial charge in [-0.25, -0.2) is 4.98 Å². The van der Waals surface area contributed by atoms with Gasteiger partial charge in [0.25, 0.3) is 0 Å². The molecular weight excluding hydrogens is 410 g/mol. The molecule has 1 aliphatic rings. The van der Waals surface area contributed by atoms with Crippen molar-refractivity contribution in [3.8, 4) is 28.2 Å². The molecule has 0 aliphatic carbocycles. The van der Waals surface area contributed by atoms with Crippen LogP contribution in [0, 0.1) is 0 Å². The Balaban J connectivity index is 1.46. The zero-order chi connectivity index (χ0) is 20.9. The molecule has 0 radical (unpaired) electrons. The lowest BCUT2D eigenvalue weighted by atomic mass is 10.0. The van der Waals surface area contributed by atoms with Crippen molar-refractivity contribution < 1.29 is 0 Å². The molecule has 152 valence electrons. The molecule has 5 aromatic rings. The molecule has 31 heavy (non-hydrogen) atoms.